The van der Waals surface area contributed by atoms with Crippen LogP contribution in [0.1, 0.15) is 33.6 Å². The maximum absolute atomic E-state index is 2.65. The molecule has 1 aliphatic heterocycles. The fourth-order valence-corrected chi connectivity index (χ4v) is 2.27. The molecular weight excluding hydrogens is 172 g/mol. The van der Waals surface area contributed by atoms with Crippen LogP contribution in [0.3, 0.4) is 0 Å². The predicted molar refractivity (Wildman–Crippen MR) is 60.5 cm³/mol. The Bertz CT molecular complexity index is 183. The molecule has 0 aromatic rings. The first kappa shape index (κ1) is 10.4. The van der Waals surface area contributed by atoms with Crippen LogP contribution >= 0.6 is 0 Å². The first-order valence-corrected chi connectivity index (χ1v) is 6.03. The third kappa shape index (κ3) is 2.71. The van der Waals surface area contributed by atoms with Crippen LogP contribution < -0.4 is 0 Å². The van der Waals surface area contributed by atoms with E-state index in [1.54, 1.807) is 0 Å². The Morgan fingerprint density at radius 3 is 2.00 bits per heavy atom. The molecule has 0 bridgehead atoms. The van der Waals surface area contributed by atoms with Gasteiger partial charge in [0.05, 0.1) is 0 Å². The van der Waals surface area contributed by atoms with Crippen LogP contribution in [-0.2, 0) is 0 Å². The summed E-state index contributed by atoms with van der Waals surface area (Å²) in [6, 6.07) is 0. The number of hydrogen-bond acceptors (Lipinski definition) is 2. The molecule has 0 N–H and O–H groups in total. The maximum Gasteiger partial charge on any atom is 0.0126 e. The van der Waals surface area contributed by atoms with Gasteiger partial charge < -0.3 is 4.90 Å². The fourth-order valence-electron chi connectivity index (χ4n) is 2.27. The molecule has 0 spiro atoms. The lowest BCUT2D eigenvalue weighted by Gasteiger charge is -2.42. The quantitative estimate of drug-likeness (QED) is 0.664. The second-order valence-electron chi connectivity index (χ2n) is 5.90. The van der Waals surface area contributed by atoms with Gasteiger partial charge in [-0.1, -0.05) is 0 Å². The lowest BCUT2D eigenvalue weighted by Crippen LogP contribution is -2.53. The van der Waals surface area contributed by atoms with Crippen LogP contribution in [0, 0.1) is 5.92 Å². The normalized spacial score (nSPS) is 26.8. The zero-order chi connectivity index (χ0) is 10.2. The van der Waals surface area contributed by atoms with E-state index in [4.69, 9.17) is 0 Å². The molecule has 14 heavy (non-hydrogen) atoms. The molecule has 2 nitrogen and oxygen atoms in total. The summed E-state index contributed by atoms with van der Waals surface area (Å²) < 4.78 is 0. The van der Waals surface area contributed by atoms with E-state index in [-0.39, 0.29) is 0 Å². The third-order valence-corrected chi connectivity index (χ3v) is 3.53. The standard InChI is InChI=1S/C12H24N2/c1-12(2,3)14-8-6-13(7-9-14)10-11-4-5-11/h11H,4-10H2,1-3H3. The van der Waals surface area contributed by atoms with Crippen molar-refractivity contribution in [1.29, 1.82) is 0 Å². The molecule has 1 saturated heterocycles. The van der Waals surface area contributed by atoms with Crippen LogP contribution in [0.5, 0.6) is 0 Å². The highest BCUT2D eigenvalue weighted by Crippen LogP contribution is 2.30. The predicted octanol–water partition coefficient (Wildman–Crippen LogP) is 1.81. The lowest BCUT2D eigenvalue weighted by molar-refractivity contribution is 0.0604. The molecule has 0 atom stereocenters. The highest BCUT2D eigenvalue weighted by molar-refractivity contribution is 4.84. The van der Waals surface area contributed by atoms with Crippen LogP contribution in [0.4, 0.5) is 0 Å². The third-order valence-electron chi connectivity index (χ3n) is 3.53. The molecule has 0 aromatic heterocycles. The van der Waals surface area contributed by atoms with Crippen molar-refractivity contribution in [1.82, 2.24) is 9.80 Å². The maximum atomic E-state index is 2.65. The van der Waals surface area contributed by atoms with Gasteiger partial charge in [0.15, 0.2) is 0 Å². The first-order chi connectivity index (χ1) is 6.55. The molecule has 0 aromatic carbocycles. The minimum Gasteiger partial charge on any atom is -0.301 e. The molecule has 1 aliphatic carbocycles. The minimum atomic E-state index is 0.367. The Morgan fingerprint density at radius 2 is 1.57 bits per heavy atom. The van der Waals surface area contributed by atoms with Crippen molar-refractivity contribution in [2.45, 2.75) is 39.2 Å². The molecule has 0 unspecified atom stereocenters. The van der Waals surface area contributed by atoms with E-state index < -0.39 is 0 Å². The Balaban J connectivity index is 1.74. The molecule has 1 heterocycles. The SMILES string of the molecule is CC(C)(C)N1CCN(CC2CC2)CC1. The summed E-state index contributed by atoms with van der Waals surface area (Å²) in [6.07, 6.45) is 2.97. The van der Waals surface area contributed by atoms with E-state index in [9.17, 15) is 0 Å². The molecule has 2 heteroatoms. The molecular formula is C12H24N2. The van der Waals surface area contributed by atoms with Crippen LogP contribution in [-0.4, -0.2) is 48.1 Å². The zero-order valence-corrected chi connectivity index (χ0v) is 9.92. The topological polar surface area (TPSA) is 6.48 Å². The van der Waals surface area contributed by atoms with Gasteiger partial charge in [0.2, 0.25) is 0 Å². The average Bonchev–Trinajstić information content (AvgIpc) is 2.88. The first-order valence-electron chi connectivity index (χ1n) is 6.03. The number of rotatable bonds is 2. The van der Waals surface area contributed by atoms with E-state index in [0.29, 0.717) is 5.54 Å². The summed E-state index contributed by atoms with van der Waals surface area (Å²) in [5, 5.41) is 0. The zero-order valence-electron chi connectivity index (χ0n) is 9.92. The van der Waals surface area contributed by atoms with Crippen LogP contribution in [0.15, 0.2) is 0 Å². The van der Waals surface area contributed by atoms with Crippen molar-refractivity contribution >= 4 is 0 Å². The van der Waals surface area contributed by atoms with Gasteiger partial charge in [-0.15, -0.1) is 0 Å². The van der Waals surface area contributed by atoms with Crippen LogP contribution in [0.25, 0.3) is 0 Å². The van der Waals surface area contributed by atoms with Gasteiger partial charge in [-0.3, -0.25) is 4.90 Å². The molecule has 2 aliphatic rings. The molecule has 2 fully saturated rings. The summed E-state index contributed by atoms with van der Waals surface area (Å²) in [5.41, 5.74) is 0.367. The van der Waals surface area contributed by atoms with Crippen LogP contribution in [0.2, 0.25) is 0 Å². The molecule has 82 valence electrons. The molecule has 1 saturated carbocycles. The molecule has 0 amide bonds. The monoisotopic (exact) mass is 196 g/mol. The van der Waals surface area contributed by atoms with Gasteiger partial charge in [0, 0.05) is 38.3 Å². The summed E-state index contributed by atoms with van der Waals surface area (Å²) >= 11 is 0. The van der Waals surface area contributed by atoms with E-state index in [1.165, 1.54) is 45.6 Å². The van der Waals surface area contributed by atoms with E-state index in [1.807, 2.05) is 0 Å². The number of nitrogens with zero attached hydrogens (tertiary/aromatic N) is 2. The highest BCUT2D eigenvalue weighted by atomic mass is 15.3. The second kappa shape index (κ2) is 3.82. The Kier molecular flexibility index (Phi) is 2.85. The second-order valence-corrected chi connectivity index (χ2v) is 5.90. The van der Waals surface area contributed by atoms with Gasteiger partial charge in [0.1, 0.15) is 0 Å². The van der Waals surface area contributed by atoms with Crippen molar-refractivity contribution in [2.75, 3.05) is 32.7 Å². The average molecular weight is 196 g/mol. The van der Waals surface area contributed by atoms with Crippen molar-refractivity contribution in [3.63, 3.8) is 0 Å². The van der Waals surface area contributed by atoms with E-state index in [0.717, 1.165) is 5.92 Å². The van der Waals surface area contributed by atoms with Gasteiger partial charge >= 0.3 is 0 Å². The Labute approximate surface area is 88.3 Å². The van der Waals surface area contributed by atoms with Crippen molar-refractivity contribution in [3.05, 3.63) is 0 Å². The lowest BCUT2D eigenvalue weighted by atomic mass is 10.0. The Morgan fingerprint density at radius 1 is 1.00 bits per heavy atom. The van der Waals surface area contributed by atoms with E-state index >= 15 is 0 Å². The summed E-state index contributed by atoms with van der Waals surface area (Å²) in [7, 11) is 0. The summed E-state index contributed by atoms with van der Waals surface area (Å²) in [4.78, 5) is 5.26. The smallest absolute Gasteiger partial charge is 0.0126 e. The van der Waals surface area contributed by atoms with Crippen molar-refractivity contribution < 1.29 is 0 Å². The Hall–Kier alpha value is -0.0800. The van der Waals surface area contributed by atoms with Crippen molar-refractivity contribution in [3.8, 4) is 0 Å². The molecule has 2 rings (SSSR count). The summed E-state index contributed by atoms with van der Waals surface area (Å²) in [5.74, 6) is 1.05. The summed E-state index contributed by atoms with van der Waals surface area (Å²) in [6.45, 7) is 13.4. The highest BCUT2D eigenvalue weighted by Gasteiger charge is 2.29. The van der Waals surface area contributed by atoms with Gasteiger partial charge in [-0.2, -0.15) is 0 Å². The number of piperazine rings is 1. The van der Waals surface area contributed by atoms with E-state index in [2.05, 4.69) is 30.6 Å². The van der Waals surface area contributed by atoms with Gasteiger partial charge in [0.25, 0.3) is 0 Å². The van der Waals surface area contributed by atoms with Crippen molar-refractivity contribution in [2.24, 2.45) is 5.92 Å². The van der Waals surface area contributed by atoms with Gasteiger partial charge in [-0.05, 0) is 39.5 Å². The van der Waals surface area contributed by atoms with Gasteiger partial charge in [-0.25, -0.2) is 0 Å². The fraction of sp³-hybridized carbons (Fsp3) is 1.00. The largest absolute Gasteiger partial charge is 0.301 e. The number of hydrogen-bond donors (Lipinski definition) is 0. The minimum absolute atomic E-state index is 0.367. The molecule has 0 radical (unpaired) electrons.